The normalized spacial score (nSPS) is 10.8. The van der Waals surface area contributed by atoms with Gasteiger partial charge in [-0.2, -0.15) is 0 Å². The maximum absolute atomic E-state index is 11.7. The van der Waals surface area contributed by atoms with E-state index in [1.54, 1.807) is 7.11 Å². The fourth-order valence-electron chi connectivity index (χ4n) is 2.70. The summed E-state index contributed by atoms with van der Waals surface area (Å²) in [6.45, 7) is 0. The van der Waals surface area contributed by atoms with E-state index in [2.05, 4.69) is 0 Å². The number of aryl methyl sites for hydroxylation is 1. The average molecular weight is 281 g/mol. The third-order valence-electron chi connectivity index (χ3n) is 3.68. The van der Waals surface area contributed by atoms with Crippen LogP contribution in [0.1, 0.15) is 10.4 Å². The van der Waals surface area contributed by atoms with Crippen molar-refractivity contribution in [2.45, 2.75) is 0 Å². The van der Waals surface area contributed by atoms with Crippen molar-refractivity contribution >= 4 is 16.9 Å². The smallest absolute Gasteiger partial charge is 0.338 e. The highest BCUT2D eigenvalue weighted by Crippen LogP contribution is 2.33. The number of hydrogen-bond donors (Lipinski definition) is 1. The molecule has 3 aromatic rings. The maximum Gasteiger partial charge on any atom is 0.338 e. The van der Waals surface area contributed by atoms with Crippen LogP contribution < -0.4 is 4.74 Å². The van der Waals surface area contributed by atoms with E-state index < -0.39 is 5.97 Å². The Morgan fingerprint density at radius 1 is 1.10 bits per heavy atom. The predicted molar refractivity (Wildman–Crippen MR) is 81.9 cm³/mol. The zero-order chi connectivity index (χ0) is 15.0. The number of benzene rings is 2. The van der Waals surface area contributed by atoms with Crippen LogP contribution in [0.2, 0.25) is 0 Å². The molecule has 0 atom stereocenters. The lowest BCUT2D eigenvalue weighted by Crippen LogP contribution is -2.00. The minimum atomic E-state index is -0.919. The highest BCUT2D eigenvalue weighted by atomic mass is 16.5. The maximum atomic E-state index is 11.7. The largest absolute Gasteiger partial charge is 0.497 e. The molecule has 3 rings (SSSR count). The summed E-state index contributed by atoms with van der Waals surface area (Å²) in [7, 11) is 3.49. The minimum absolute atomic E-state index is 0.332. The van der Waals surface area contributed by atoms with E-state index in [4.69, 9.17) is 4.74 Å². The third-order valence-corrected chi connectivity index (χ3v) is 3.68. The number of carboxylic acids is 1. The molecule has 0 unspecified atom stereocenters. The first-order valence-corrected chi connectivity index (χ1v) is 6.58. The topological polar surface area (TPSA) is 51.5 Å². The van der Waals surface area contributed by atoms with Crippen molar-refractivity contribution in [2.24, 2.45) is 7.05 Å². The SMILES string of the molecule is COc1ccc(-c2c(C(=O)O)c3ccccc3n2C)cc1. The van der Waals surface area contributed by atoms with Crippen LogP contribution in [0.15, 0.2) is 48.5 Å². The number of para-hydroxylation sites is 1. The van der Waals surface area contributed by atoms with Gasteiger partial charge in [-0.25, -0.2) is 4.79 Å². The van der Waals surface area contributed by atoms with Crippen molar-refractivity contribution < 1.29 is 14.6 Å². The second-order valence-corrected chi connectivity index (χ2v) is 4.83. The molecule has 4 heteroatoms. The van der Waals surface area contributed by atoms with Crippen LogP contribution in [-0.4, -0.2) is 22.8 Å². The van der Waals surface area contributed by atoms with Crippen molar-refractivity contribution in [2.75, 3.05) is 7.11 Å². The Kier molecular flexibility index (Phi) is 3.14. The van der Waals surface area contributed by atoms with Gasteiger partial charge in [0.15, 0.2) is 0 Å². The number of ether oxygens (including phenoxy) is 1. The molecule has 0 amide bonds. The molecule has 0 aliphatic heterocycles. The summed E-state index contributed by atoms with van der Waals surface area (Å²) in [4.78, 5) is 11.7. The number of carboxylic acid groups (broad SMARTS) is 1. The van der Waals surface area contributed by atoms with Crippen molar-refractivity contribution in [3.05, 3.63) is 54.1 Å². The van der Waals surface area contributed by atoms with E-state index in [0.717, 1.165) is 22.2 Å². The molecule has 0 fully saturated rings. The molecule has 106 valence electrons. The zero-order valence-corrected chi connectivity index (χ0v) is 11.8. The number of methoxy groups -OCH3 is 1. The molecule has 0 radical (unpaired) electrons. The molecule has 4 nitrogen and oxygen atoms in total. The van der Waals surface area contributed by atoms with Crippen LogP contribution in [-0.2, 0) is 7.05 Å². The van der Waals surface area contributed by atoms with Gasteiger partial charge in [0.2, 0.25) is 0 Å². The summed E-state index contributed by atoms with van der Waals surface area (Å²) >= 11 is 0. The number of nitrogens with zero attached hydrogens (tertiary/aromatic N) is 1. The lowest BCUT2D eigenvalue weighted by atomic mass is 10.1. The molecule has 0 aliphatic rings. The van der Waals surface area contributed by atoms with E-state index >= 15 is 0 Å². The molecule has 0 saturated carbocycles. The van der Waals surface area contributed by atoms with Gasteiger partial charge in [0.1, 0.15) is 5.75 Å². The molecule has 1 heterocycles. The first kappa shape index (κ1) is 13.2. The monoisotopic (exact) mass is 281 g/mol. The number of fused-ring (bicyclic) bond motifs is 1. The van der Waals surface area contributed by atoms with Crippen molar-refractivity contribution in [1.82, 2.24) is 4.57 Å². The highest BCUT2D eigenvalue weighted by Gasteiger charge is 2.21. The quantitative estimate of drug-likeness (QED) is 0.798. The van der Waals surface area contributed by atoms with Gasteiger partial charge in [-0.3, -0.25) is 0 Å². The summed E-state index contributed by atoms with van der Waals surface area (Å²) in [6.07, 6.45) is 0. The Bertz CT molecular complexity index is 816. The zero-order valence-electron chi connectivity index (χ0n) is 11.8. The fourth-order valence-corrected chi connectivity index (χ4v) is 2.70. The summed E-state index contributed by atoms with van der Waals surface area (Å²) in [5, 5.41) is 10.3. The van der Waals surface area contributed by atoms with Gasteiger partial charge in [-0.05, 0) is 35.9 Å². The Hall–Kier alpha value is -2.75. The van der Waals surface area contributed by atoms with Crippen LogP contribution in [0.4, 0.5) is 0 Å². The molecule has 0 spiro atoms. The molecule has 1 N–H and O–H groups in total. The van der Waals surface area contributed by atoms with Gasteiger partial charge in [-0.1, -0.05) is 18.2 Å². The van der Waals surface area contributed by atoms with Gasteiger partial charge in [0.25, 0.3) is 0 Å². The van der Waals surface area contributed by atoms with Crippen LogP contribution in [0.25, 0.3) is 22.2 Å². The van der Waals surface area contributed by atoms with Gasteiger partial charge >= 0.3 is 5.97 Å². The molecule has 21 heavy (non-hydrogen) atoms. The van der Waals surface area contributed by atoms with Gasteiger partial charge < -0.3 is 14.4 Å². The molecule has 2 aromatic carbocycles. The Morgan fingerprint density at radius 2 is 1.76 bits per heavy atom. The first-order chi connectivity index (χ1) is 10.1. The number of carbonyl (C=O) groups is 1. The van der Waals surface area contributed by atoms with E-state index in [0.29, 0.717) is 11.3 Å². The van der Waals surface area contributed by atoms with Crippen molar-refractivity contribution in [3.8, 4) is 17.0 Å². The first-order valence-electron chi connectivity index (χ1n) is 6.58. The molecule has 0 aliphatic carbocycles. The van der Waals surface area contributed by atoms with Crippen LogP contribution in [0, 0.1) is 0 Å². The van der Waals surface area contributed by atoms with Gasteiger partial charge in [0, 0.05) is 18.0 Å². The Labute approximate surface area is 122 Å². The summed E-state index contributed by atoms with van der Waals surface area (Å²) in [5.74, 6) is -0.174. The van der Waals surface area contributed by atoms with E-state index in [1.165, 1.54) is 0 Å². The average Bonchev–Trinajstić information content (AvgIpc) is 2.81. The van der Waals surface area contributed by atoms with Gasteiger partial charge in [-0.15, -0.1) is 0 Å². The minimum Gasteiger partial charge on any atom is -0.497 e. The third kappa shape index (κ3) is 2.05. The highest BCUT2D eigenvalue weighted by molar-refractivity contribution is 6.09. The number of aromatic nitrogens is 1. The molecule has 0 bridgehead atoms. The summed E-state index contributed by atoms with van der Waals surface area (Å²) in [6, 6.07) is 14.9. The molecular weight excluding hydrogens is 266 g/mol. The van der Waals surface area contributed by atoms with Crippen LogP contribution >= 0.6 is 0 Å². The van der Waals surface area contributed by atoms with Crippen molar-refractivity contribution in [3.63, 3.8) is 0 Å². The van der Waals surface area contributed by atoms with Crippen LogP contribution in [0.3, 0.4) is 0 Å². The summed E-state index contributed by atoms with van der Waals surface area (Å²) < 4.78 is 7.07. The molecular formula is C17H15NO3. The molecule has 0 saturated heterocycles. The standard InChI is InChI=1S/C17H15NO3/c1-18-14-6-4-3-5-13(14)15(17(19)20)16(18)11-7-9-12(21-2)10-8-11/h3-10H,1-2H3,(H,19,20). The van der Waals surface area contributed by atoms with Gasteiger partial charge in [0.05, 0.1) is 18.4 Å². The van der Waals surface area contributed by atoms with E-state index in [-0.39, 0.29) is 0 Å². The fraction of sp³-hybridized carbons (Fsp3) is 0.118. The predicted octanol–water partition coefficient (Wildman–Crippen LogP) is 3.55. The van der Waals surface area contributed by atoms with Crippen LogP contribution in [0.5, 0.6) is 5.75 Å². The van der Waals surface area contributed by atoms with Crippen molar-refractivity contribution in [1.29, 1.82) is 0 Å². The Balaban J connectivity index is 2.32. The van der Waals surface area contributed by atoms with E-state index in [1.807, 2.05) is 60.1 Å². The molecule has 1 aromatic heterocycles. The lowest BCUT2D eigenvalue weighted by Gasteiger charge is -2.07. The summed E-state index contributed by atoms with van der Waals surface area (Å²) in [5.41, 5.74) is 2.79. The Morgan fingerprint density at radius 3 is 2.38 bits per heavy atom. The van der Waals surface area contributed by atoms with E-state index in [9.17, 15) is 9.90 Å². The second-order valence-electron chi connectivity index (χ2n) is 4.83. The number of rotatable bonds is 3. The number of hydrogen-bond acceptors (Lipinski definition) is 2. The second kappa shape index (κ2) is 4.98. The lowest BCUT2D eigenvalue weighted by molar-refractivity contribution is 0.0699. The number of aromatic carboxylic acids is 1.